The number of ether oxygens (including phenoxy) is 4. The summed E-state index contributed by atoms with van der Waals surface area (Å²) < 4.78 is 21.8. The van der Waals surface area contributed by atoms with Crippen molar-refractivity contribution < 1.29 is 38.1 Å². The number of nitrogens with one attached hydrogen (secondary N) is 3. The third-order valence-electron chi connectivity index (χ3n) is 5.51. The van der Waals surface area contributed by atoms with Gasteiger partial charge < -0.3 is 24.3 Å². The first kappa shape index (κ1) is 34.9. The predicted octanol–water partition coefficient (Wildman–Crippen LogP) is 2.91. The Kier molecular flexibility index (Phi) is 18.8. The van der Waals surface area contributed by atoms with Crippen molar-refractivity contribution in [3.05, 3.63) is 0 Å². The van der Waals surface area contributed by atoms with Crippen molar-refractivity contribution in [2.24, 2.45) is 0 Å². The highest BCUT2D eigenvalue weighted by Gasteiger charge is 2.48. The van der Waals surface area contributed by atoms with Crippen LogP contribution in [0.5, 0.6) is 0 Å². The zero-order valence-electron chi connectivity index (χ0n) is 23.6. The second-order valence-corrected chi connectivity index (χ2v) is 8.48. The first-order chi connectivity index (χ1) is 17.7. The average Bonchev–Trinajstić information content (AvgIpc) is 2.87. The SMILES string of the molecule is CCCCCCCCCC(=O)NC(CC)C(=O)NC(OCC)(OCC)C(=O)NC(C=O)(OCC)OCC. The number of amides is 3. The monoisotopic (exact) mass is 531 g/mol. The van der Waals surface area contributed by atoms with Gasteiger partial charge in [0.15, 0.2) is 0 Å². The first-order valence-corrected chi connectivity index (χ1v) is 13.7. The lowest BCUT2D eigenvalue weighted by molar-refractivity contribution is -0.262. The molecular formula is C26H49N3O8. The Bertz CT molecular complexity index is 662. The molecule has 3 N–H and O–H groups in total. The van der Waals surface area contributed by atoms with Crippen LogP contribution in [-0.4, -0.2) is 68.3 Å². The molecule has 0 aromatic rings. The lowest BCUT2D eigenvalue weighted by Crippen LogP contribution is -2.69. The number of aldehydes is 1. The van der Waals surface area contributed by atoms with E-state index < -0.39 is 29.7 Å². The normalized spacial score (nSPS) is 12.6. The summed E-state index contributed by atoms with van der Waals surface area (Å²) >= 11 is 0. The van der Waals surface area contributed by atoms with E-state index >= 15 is 0 Å². The minimum Gasteiger partial charge on any atom is -0.344 e. The third-order valence-corrected chi connectivity index (χ3v) is 5.51. The highest BCUT2D eigenvalue weighted by Crippen LogP contribution is 2.16. The molecule has 11 nitrogen and oxygen atoms in total. The average molecular weight is 532 g/mol. The van der Waals surface area contributed by atoms with Gasteiger partial charge >= 0.3 is 17.7 Å². The van der Waals surface area contributed by atoms with Gasteiger partial charge in [-0.3, -0.25) is 29.8 Å². The van der Waals surface area contributed by atoms with E-state index in [9.17, 15) is 19.2 Å². The summed E-state index contributed by atoms with van der Waals surface area (Å²) in [4.78, 5) is 50.7. The lowest BCUT2D eigenvalue weighted by atomic mass is 10.1. The van der Waals surface area contributed by atoms with Crippen LogP contribution in [0, 0.1) is 0 Å². The molecule has 0 fully saturated rings. The molecule has 0 heterocycles. The Labute approximate surface area is 222 Å². The van der Waals surface area contributed by atoms with Gasteiger partial charge in [0.2, 0.25) is 18.1 Å². The molecule has 0 bridgehead atoms. The predicted molar refractivity (Wildman–Crippen MR) is 139 cm³/mol. The van der Waals surface area contributed by atoms with Crippen LogP contribution < -0.4 is 16.0 Å². The van der Waals surface area contributed by atoms with Crippen molar-refractivity contribution in [1.82, 2.24) is 16.0 Å². The number of carbonyl (C=O) groups excluding carboxylic acids is 4. The van der Waals surface area contributed by atoms with Gasteiger partial charge in [0.1, 0.15) is 6.04 Å². The topological polar surface area (TPSA) is 141 Å². The summed E-state index contributed by atoms with van der Waals surface area (Å²) in [5, 5.41) is 7.55. The molecule has 0 rings (SSSR count). The first-order valence-electron chi connectivity index (χ1n) is 13.7. The van der Waals surface area contributed by atoms with Crippen LogP contribution in [0.3, 0.4) is 0 Å². The maximum absolute atomic E-state index is 13.3. The number of unbranched alkanes of at least 4 members (excludes halogenated alkanes) is 6. The van der Waals surface area contributed by atoms with Crippen molar-refractivity contribution in [3.8, 4) is 0 Å². The van der Waals surface area contributed by atoms with Crippen molar-refractivity contribution in [2.45, 2.75) is 117 Å². The van der Waals surface area contributed by atoms with Crippen LogP contribution >= 0.6 is 0 Å². The molecule has 0 aromatic carbocycles. The molecule has 0 aliphatic carbocycles. The molecule has 0 spiro atoms. The number of rotatable bonds is 23. The minimum atomic E-state index is -2.28. The molecule has 216 valence electrons. The van der Waals surface area contributed by atoms with Crippen LogP contribution in [0.15, 0.2) is 0 Å². The Morgan fingerprint density at radius 1 is 0.730 bits per heavy atom. The molecule has 0 radical (unpaired) electrons. The van der Waals surface area contributed by atoms with Gasteiger partial charge in [-0.15, -0.1) is 0 Å². The molecule has 0 aliphatic rings. The Morgan fingerprint density at radius 3 is 1.70 bits per heavy atom. The van der Waals surface area contributed by atoms with Crippen molar-refractivity contribution in [1.29, 1.82) is 0 Å². The van der Waals surface area contributed by atoms with Gasteiger partial charge in [-0.05, 0) is 40.5 Å². The second-order valence-electron chi connectivity index (χ2n) is 8.48. The summed E-state index contributed by atoms with van der Waals surface area (Å²) in [7, 11) is 0. The molecule has 0 aliphatic heterocycles. The summed E-state index contributed by atoms with van der Waals surface area (Å²) in [6, 6.07) is -0.917. The molecule has 3 amide bonds. The van der Waals surface area contributed by atoms with Crippen molar-refractivity contribution >= 4 is 24.0 Å². The fraction of sp³-hybridized carbons (Fsp3) is 0.846. The quantitative estimate of drug-likeness (QED) is 0.104. The number of hydrogen-bond donors (Lipinski definition) is 3. The van der Waals surface area contributed by atoms with Crippen molar-refractivity contribution in [2.75, 3.05) is 26.4 Å². The van der Waals surface area contributed by atoms with E-state index in [0.29, 0.717) is 12.7 Å². The molecule has 37 heavy (non-hydrogen) atoms. The molecule has 11 heteroatoms. The van der Waals surface area contributed by atoms with Gasteiger partial charge in [-0.25, -0.2) is 0 Å². The van der Waals surface area contributed by atoms with E-state index in [1.54, 1.807) is 34.6 Å². The van der Waals surface area contributed by atoms with Crippen molar-refractivity contribution in [3.63, 3.8) is 0 Å². The van der Waals surface area contributed by atoms with Gasteiger partial charge in [-0.2, -0.15) is 0 Å². The van der Waals surface area contributed by atoms with E-state index in [1.807, 2.05) is 0 Å². The van der Waals surface area contributed by atoms with E-state index in [-0.39, 0.29) is 38.8 Å². The van der Waals surface area contributed by atoms with Gasteiger partial charge in [-0.1, -0.05) is 52.4 Å². The van der Waals surface area contributed by atoms with Crippen LogP contribution in [0.25, 0.3) is 0 Å². The second kappa shape index (κ2) is 20.0. The molecule has 1 atom stereocenters. The van der Waals surface area contributed by atoms with Crippen LogP contribution in [0.1, 0.15) is 99.3 Å². The standard InChI is InChI=1S/C26H49N3O8/c1-7-13-14-15-16-17-18-19-22(31)27-21(8-2)23(32)28-26(36-11-5,37-12-6)24(33)29-25(20-30,34-9-3)35-10-4/h20-21H,7-19H2,1-6H3,(H,27,31)(H,28,32)(H,29,33). The molecule has 0 saturated heterocycles. The van der Waals surface area contributed by atoms with E-state index in [1.165, 1.54) is 19.3 Å². The smallest absolute Gasteiger partial charge is 0.335 e. The molecule has 1 unspecified atom stereocenters. The van der Waals surface area contributed by atoms with Crippen LogP contribution in [0.4, 0.5) is 0 Å². The van der Waals surface area contributed by atoms with E-state index in [0.717, 1.165) is 25.7 Å². The van der Waals surface area contributed by atoms with Crippen LogP contribution in [-0.2, 0) is 38.1 Å². The largest absolute Gasteiger partial charge is 0.344 e. The molecular weight excluding hydrogens is 482 g/mol. The lowest BCUT2D eigenvalue weighted by Gasteiger charge is -2.36. The van der Waals surface area contributed by atoms with E-state index in [4.69, 9.17) is 18.9 Å². The van der Waals surface area contributed by atoms with Gasteiger partial charge in [0, 0.05) is 32.8 Å². The summed E-state index contributed by atoms with van der Waals surface area (Å²) in [5.74, 6) is -6.27. The fourth-order valence-electron chi connectivity index (χ4n) is 3.70. The molecule has 0 aromatic heterocycles. The highest BCUT2D eigenvalue weighted by atomic mass is 16.7. The summed E-state index contributed by atoms with van der Waals surface area (Å²) in [6.07, 6.45) is 8.45. The zero-order chi connectivity index (χ0) is 28.2. The van der Waals surface area contributed by atoms with Gasteiger partial charge in [0.05, 0.1) is 0 Å². The summed E-state index contributed by atoms with van der Waals surface area (Å²) in [6.45, 7) is 10.5. The van der Waals surface area contributed by atoms with Gasteiger partial charge in [0.25, 0.3) is 0 Å². The van der Waals surface area contributed by atoms with E-state index in [2.05, 4.69) is 22.9 Å². The molecule has 0 saturated carbocycles. The Morgan fingerprint density at radius 2 is 1.24 bits per heavy atom. The Balaban J connectivity index is 5.39. The fourth-order valence-corrected chi connectivity index (χ4v) is 3.70. The third kappa shape index (κ3) is 12.8. The Hall–Kier alpha value is -2.08. The number of hydrogen-bond acceptors (Lipinski definition) is 8. The highest BCUT2D eigenvalue weighted by molar-refractivity contribution is 5.93. The maximum atomic E-state index is 13.3. The maximum Gasteiger partial charge on any atom is 0.335 e. The number of carbonyl (C=O) groups is 4. The summed E-state index contributed by atoms with van der Waals surface area (Å²) in [5.41, 5.74) is 0. The minimum absolute atomic E-state index is 0.00747. The zero-order valence-corrected chi connectivity index (χ0v) is 23.6. The van der Waals surface area contributed by atoms with Crippen LogP contribution in [0.2, 0.25) is 0 Å².